The Hall–Kier alpha value is -2.61. The first-order valence-corrected chi connectivity index (χ1v) is 7.10. The van der Waals surface area contributed by atoms with Crippen LogP contribution in [-0.4, -0.2) is 0 Å². The van der Waals surface area contributed by atoms with E-state index in [9.17, 15) is 0 Å². The summed E-state index contributed by atoms with van der Waals surface area (Å²) in [4.78, 5) is 0. The van der Waals surface area contributed by atoms with E-state index in [1.54, 1.807) is 6.26 Å². The first kappa shape index (κ1) is 12.2. The predicted octanol–water partition coefficient (Wildman–Crippen LogP) is 4.39. The minimum absolute atomic E-state index is 0.943. The van der Waals surface area contributed by atoms with E-state index in [1.165, 1.54) is 21.9 Å². The molecule has 2 heterocycles. The number of aromatic nitrogens is 1. The van der Waals surface area contributed by atoms with Gasteiger partial charge >= 0.3 is 0 Å². The molecule has 102 valence electrons. The van der Waals surface area contributed by atoms with Gasteiger partial charge in [0, 0.05) is 11.5 Å². The quantitative estimate of drug-likeness (QED) is 0.471. The fraction of sp³-hybridized carbons (Fsp3) is 0.105. The maximum absolute atomic E-state index is 5.73. The second kappa shape index (κ2) is 4.45. The minimum atomic E-state index is 0.943. The van der Waals surface area contributed by atoms with E-state index >= 15 is 0 Å². The first-order chi connectivity index (χ1) is 10.3. The van der Waals surface area contributed by atoms with Gasteiger partial charge in [0.15, 0.2) is 6.20 Å². The highest BCUT2D eigenvalue weighted by molar-refractivity contribution is 5.95. The molecule has 0 amide bonds. The van der Waals surface area contributed by atoms with Gasteiger partial charge in [0.25, 0.3) is 5.69 Å². The van der Waals surface area contributed by atoms with Gasteiger partial charge < -0.3 is 4.42 Å². The molecule has 2 nitrogen and oxygen atoms in total. The van der Waals surface area contributed by atoms with Crippen LogP contribution in [0.4, 0.5) is 0 Å². The van der Waals surface area contributed by atoms with Crippen LogP contribution in [0.3, 0.4) is 0 Å². The van der Waals surface area contributed by atoms with Crippen LogP contribution in [0.1, 0.15) is 5.56 Å². The number of benzene rings is 2. The van der Waals surface area contributed by atoms with Crippen LogP contribution < -0.4 is 4.57 Å². The first-order valence-electron chi connectivity index (χ1n) is 7.10. The number of pyridine rings is 1. The summed E-state index contributed by atoms with van der Waals surface area (Å²) in [5.41, 5.74) is 4.57. The maximum Gasteiger partial charge on any atom is 0.256 e. The molecular formula is C19H16NO+. The summed E-state index contributed by atoms with van der Waals surface area (Å²) in [7, 11) is 2.06. The molecule has 0 aliphatic carbocycles. The number of hydrogen-bond donors (Lipinski definition) is 0. The maximum atomic E-state index is 5.73. The van der Waals surface area contributed by atoms with E-state index < -0.39 is 0 Å². The third kappa shape index (κ3) is 1.76. The molecule has 0 aliphatic heterocycles. The third-order valence-electron chi connectivity index (χ3n) is 4.19. The molecule has 4 aromatic rings. The van der Waals surface area contributed by atoms with Gasteiger partial charge in [-0.05, 0) is 35.4 Å². The number of aryl methyl sites for hydroxylation is 2. The van der Waals surface area contributed by atoms with Crippen LogP contribution in [-0.2, 0) is 7.05 Å². The van der Waals surface area contributed by atoms with Crippen molar-refractivity contribution in [1.29, 1.82) is 0 Å². The molecule has 2 heteroatoms. The molecule has 4 rings (SSSR count). The molecule has 0 N–H and O–H groups in total. The average Bonchev–Trinajstić information content (AvgIpc) is 2.97. The molecule has 2 aromatic heterocycles. The largest absolute Gasteiger partial charge is 0.457 e. The summed E-state index contributed by atoms with van der Waals surface area (Å²) in [5.74, 6) is 0. The van der Waals surface area contributed by atoms with Crippen molar-refractivity contribution in [3.8, 4) is 11.3 Å². The summed E-state index contributed by atoms with van der Waals surface area (Å²) in [6, 6.07) is 17.0. The average molecular weight is 274 g/mol. The summed E-state index contributed by atoms with van der Waals surface area (Å²) in [6.45, 7) is 2.18. The Bertz CT molecular complexity index is 966. The molecule has 0 radical (unpaired) electrons. The van der Waals surface area contributed by atoms with Crippen LogP contribution in [0.2, 0.25) is 0 Å². The SMILES string of the molecule is Cc1c(-c2c3occc3cc[n+]2C)ccc2ccccc12. The van der Waals surface area contributed by atoms with Gasteiger partial charge in [0.2, 0.25) is 5.58 Å². The molecule has 0 unspecified atom stereocenters. The van der Waals surface area contributed by atoms with Crippen molar-refractivity contribution in [2.45, 2.75) is 6.92 Å². The monoisotopic (exact) mass is 274 g/mol. The van der Waals surface area contributed by atoms with Crippen LogP contribution in [0.5, 0.6) is 0 Å². The second-order valence-electron chi connectivity index (χ2n) is 5.44. The Labute approximate surface area is 123 Å². The molecule has 0 saturated heterocycles. The normalized spacial score (nSPS) is 11.3. The Balaban J connectivity index is 2.11. The van der Waals surface area contributed by atoms with Gasteiger partial charge in [0.1, 0.15) is 7.05 Å². The van der Waals surface area contributed by atoms with E-state index in [0.29, 0.717) is 0 Å². The highest BCUT2D eigenvalue weighted by Crippen LogP contribution is 2.32. The van der Waals surface area contributed by atoms with Gasteiger partial charge in [-0.25, -0.2) is 0 Å². The lowest BCUT2D eigenvalue weighted by atomic mass is 9.97. The fourth-order valence-corrected chi connectivity index (χ4v) is 3.07. The second-order valence-corrected chi connectivity index (χ2v) is 5.44. The summed E-state index contributed by atoms with van der Waals surface area (Å²) >= 11 is 0. The Kier molecular flexibility index (Phi) is 2.58. The lowest BCUT2D eigenvalue weighted by molar-refractivity contribution is -0.659. The van der Waals surface area contributed by atoms with Crippen molar-refractivity contribution in [2.24, 2.45) is 7.05 Å². The molecule has 0 aliphatic rings. The van der Waals surface area contributed by atoms with Crippen molar-refractivity contribution in [3.63, 3.8) is 0 Å². The van der Waals surface area contributed by atoms with E-state index in [2.05, 4.69) is 67.2 Å². The van der Waals surface area contributed by atoms with Crippen LogP contribution >= 0.6 is 0 Å². The number of furan rings is 1. The molecule has 21 heavy (non-hydrogen) atoms. The van der Waals surface area contributed by atoms with E-state index in [-0.39, 0.29) is 0 Å². The molecule has 2 aromatic carbocycles. The van der Waals surface area contributed by atoms with Crippen molar-refractivity contribution in [3.05, 3.63) is 66.6 Å². The Morgan fingerprint density at radius 3 is 2.67 bits per heavy atom. The third-order valence-corrected chi connectivity index (χ3v) is 4.19. The zero-order valence-corrected chi connectivity index (χ0v) is 12.1. The van der Waals surface area contributed by atoms with E-state index in [1.807, 2.05) is 6.07 Å². The van der Waals surface area contributed by atoms with Gasteiger partial charge in [-0.2, -0.15) is 4.57 Å². The van der Waals surface area contributed by atoms with Crippen molar-refractivity contribution in [1.82, 2.24) is 0 Å². The summed E-state index contributed by atoms with van der Waals surface area (Å²) < 4.78 is 7.86. The van der Waals surface area contributed by atoms with Gasteiger partial charge in [0.05, 0.1) is 11.8 Å². The smallest absolute Gasteiger partial charge is 0.256 e. The number of nitrogens with zero attached hydrogens (tertiary/aromatic N) is 1. The molecule has 0 fully saturated rings. The van der Waals surface area contributed by atoms with Gasteiger partial charge in [-0.15, -0.1) is 0 Å². The van der Waals surface area contributed by atoms with Crippen molar-refractivity contribution in [2.75, 3.05) is 0 Å². The molecule has 0 atom stereocenters. The van der Waals surface area contributed by atoms with Gasteiger partial charge in [-0.1, -0.05) is 30.3 Å². The number of hydrogen-bond acceptors (Lipinski definition) is 1. The number of fused-ring (bicyclic) bond motifs is 2. The fourth-order valence-electron chi connectivity index (χ4n) is 3.07. The standard InChI is InChI=1S/C19H16NO/c1-13-16-6-4-3-5-14(16)7-8-17(13)18-19-15(10-12-21-19)9-11-20(18)2/h3-12H,1-2H3/q+1. The Morgan fingerprint density at radius 2 is 1.76 bits per heavy atom. The van der Waals surface area contributed by atoms with Crippen LogP contribution in [0.25, 0.3) is 33.0 Å². The Morgan fingerprint density at radius 1 is 0.905 bits per heavy atom. The molecular weight excluding hydrogens is 258 g/mol. The highest BCUT2D eigenvalue weighted by Gasteiger charge is 2.20. The summed E-state index contributed by atoms with van der Waals surface area (Å²) in [5, 5.41) is 3.70. The lowest BCUT2D eigenvalue weighted by Crippen LogP contribution is -2.30. The molecule has 0 bridgehead atoms. The molecule has 0 spiro atoms. The highest BCUT2D eigenvalue weighted by atomic mass is 16.3. The molecule has 0 saturated carbocycles. The van der Waals surface area contributed by atoms with Crippen LogP contribution in [0, 0.1) is 6.92 Å². The summed E-state index contributed by atoms with van der Waals surface area (Å²) in [6.07, 6.45) is 3.84. The van der Waals surface area contributed by atoms with Crippen molar-refractivity contribution < 1.29 is 8.98 Å². The minimum Gasteiger partial charge on any atom is -0.457 e. The predicted molar refractivity (Wildman–Crippen MR) is 85.1 cm³/mol. The zero-order valence-electron chi connectivity index (χ0n) is 12.1. The van der Waals surface area contributed by atoms with Crippen molar-refractivity contribution >= 4 is 21.7 Å². The zero-order chi connectivity index (χ0) is 14.4. The topological polar surface area (TPSA) is 17.0 Å². The van der Waals surface area contributed by atoms with E-state index in [4.69, 9.17) is 4.42 Å². The van der Waals surface area contributed by atoms with Gasteiger partial charge in [-0.3, -0.25) is 0 Å². The lowest BCUT2D eigenvalue weighted by Gasteiger charge is -2.08. The van der Waals surface area contributed by atoms with Crippen LogP contribution in [0.15, 0.2) is 65.4 Å². The van der Waals surface area contributed by atoms with E-state index in [0.717, 1.165) is 16.7 Å². The number of rotatable bonds is 1.